The number of aliphatic carboxylic acids is 1. The van der Waals surface area contributed by atoms with Crippen molar-refractivity contribution < 1.29 is 23.8 Å². The molecule has 0 spiro atoms. The molecule has 0 unspecified atom stereocenters. The van der Waals surface area contributed by atoms with Crippen molar-refractivity contribution in [3.05, 3.63) is 76.9 Å². The molecule has 1 aliphatic carbocycles. The summed E-state index contributed by atoms with van der Waals surface area (Å²) < 4.78 is 26.0. The van der Waals surface area contributed by atoms with Crippen molar-refractivity contribution in [2.24, 2.45) is 5.41 Å². The summed E-state index contributed by atoms with van der Waals surface area (Å²) in [7, 11) is 0. The summed E-state index contributed by atoms with van der Waals surface area (Å²) in [5.74, 6) is 0.0532. The van der Waals surface area contributed by atoms with Crippen molar-refractivity contribution in [2.75, 3.05) is 18.0 Å². The summed E-state index contributed by atoms with van der Waals surface area (Å²) in [6.07, 6.45) is 4.96. The van der Waals surface area contributed by atoms with Gasteiger partial charge < -0.3 is 19.5 Å². The quantitative estimate of drug-likeness (QED) is 0.272. The molecule has 2 fully saturated rings. The number of ether oxygens (including phenoxy) is 2. The Balaban J connectivity index is 1.43. The van der Waals surface area contributed by atoms with Gasteiger partial charge in [0.15, 0.2) is 6.10 Å². The van der Waals surface area contributed by atoms with Gasteiger partial charge in [0, 0.05) is 35.6 Å². The molecule has 1 aromatic heterocycles. The van der Waals surface area contributed by atoms with Gasteiger partial charge in [0.05, 0.1) is 17.4 Å². The van der Waals surface area contributed by atoms with Gasteiger partial charge >= 0.3 is 5.97 Å². The van der Waals surface area contributed by atoms with E-state index >= 15 is 0 Å². The third-order valence-electron chi connectivity index (χ3n) is 9.43. The molecular formula is C38H49FN2O4. The second kappa shape index (κ2) is 13.1. The number of hydrogen-bond acceptors (Lipinski definition) is 5. The molecule has 0 bridgehead atoms. The molecule has 2 aromatic carbocycles. The zero-order chi connectivity index (χ0) is 32.5. The van der Waals surface area contributed by atoms with Crippen molar-refractivity contribution in [3.8, 4) is 16.9 Å². The number of nitrogens with zero attached hydrogens (tertiary/aromatic N) is 2. The van der Waals surface area contributed by atoms with Crippen molar-refractivity contribution in [2.45, 2.75) is 111 Å². The molecule has 2 heterocycles. The number of pyridine rings is 1. The van der Waals surface area contributed by atoms with Gasteiger partial charge in [-0.15, -0.1) is 0 Å². The lowest BCUT2D eigenvalue weighted by molar-refractivity contribution is -0.160. The molecule has 45 heavy (non-hydrogen) atoms. The number of carboxylic acids is 1. The van der Waals surface area contributed by atoms with Gasteiger partial charge in [-0.05, 0) is 120 Å². The molecule has 2 aliphatic rings. The summed E-state index contributed by atoms with van der Waals surface area (Å²) in [6.45, 7) is 15.8. The molecule has 0 amide bonds. The summed E-state index contributed by atoms with van der Waals surface area (Å²) >= 11 is 0. The molecule has 1 aliphatic heterocycles. The number of carboxylic acid groups (broad SMARTS) is 1. The van der Waals surface area contributed by atoms with Gasteiger partial charge in [0.2, 0.25) is 0 Å². The average molecular weight is 617 g/mol. The third-order valence-corrected chi connectivity index (χ3v) is 9.43. The van der Waals surface area contributed by atoms with Gasteiger partial charge in [-0.1, -0.05) is 38.1 Å². The van der Waals surface area contributed by atoms with E-state index in [1.54, 1.807) is 12.1 Å². The number of benzene rings is 2. The molecule has 1 saturated heterocycles. The second-order valence-electron chi connectivity index (χ2n) is 14.7. The first-order valence-corrected chi connectivity index (χ1v) is 16.4. The Kier molecular flexibility index (Phi) is 9.60. The average Bonchev–Trinajstić information content (AvgIpc) is 2.97. The molecule has 1 N–H and O–H groups in total. The Morgan fingerprint density at radius 2 is 1.56 bits per heavy atom. The number of carbonyl (C=O) groups is 1. The summed E-state index contributed by atoms with van der Waals surface area (Å²) in [6, 6.07) is 15.1. The SMILES string of the molecule is Cc1nc(C)c([C@H](OC(C)(C)C)C(=O)O)c(N2CCC(C)(C)CC2)c1-c1ccc(OC2CCC(c3ccc(F)cc3)CC2)cc1. The van der Waals surface area contributed by atoms with E-state index in [1.807, 2.05) is 58.9 Å². The maximum atomic E-state index is 13.4. The normalized spacial score (nSPS) is 20.9. The van der Waals surface area contributed by atoms with Crippen molar-refractivity contribution in [1.29, 1.82) is 0 Å². The van der Waals surface area contributed by atoms with Crippen LogP contribution in [0.5, 0.6) is 5.75 Å². The van der Waals surface area contributed by atoms with Crippen LogP contribution in [-0.4, -0.2) is 40.9 Å². The standard InChI is InChI=1S/C38H49FN2O4/c1-24-32(28-12-18-31(19-13-28)44-30-16-10-27(11-17-30)26-8-14-29(39)15-9-26)34(41-22-20-38(6,7)21-23-41)33(25(2)40-24)35(36(42)43)45-37(3,4)5/h8-9,12-15,18-19,27,30,35H,10-11,16-17,20-23H2,1-7H3,(H,42,43)/t27?,30?,35-/m0/s1. The van der Waals surface area contributed by atoms with E-state index in [9.17, 15) is 14.3 Å². The highest BCUT2D eigenvalue weighted by molar-refractivity contribution is 5.88. The Bertz CT molecular complexity index is 1480. The van der Waals surface area contributed by atoms with E-state index in [4.69, 9.17) is 14.5 Å². The number of piperidine rings is 1. The maximum absolute atomic E-state index is 13.4. The maximum Gasteiger partial charge on any atom is 0.337 e. The van der Waals surface area contributed by atoms with Gasteiger partial charge in [-0.3, -0.25) is 4.98 Å². The van der Waals surface area contributed by atoms with Crippen LogP contribution in [0.15, 0.2) is 48.5 Å². The van der Waals surface area contributed by atoms with Gasteiger partial charge in [-0.25, -0.2) is 9.18 Å². The number of hydrogen-bond donors (Lipinski definition) is 1. The van der Waals surface area contributed by atoms with Crippen LogP contribution in [0.4, 0.5) is 10.1 Å². The van der Waals surface area contributed by atoms with E-state index in [0.29, 0.717) is 17.2 Å². The second-order valence-corrected chi connectivity index (χ2v) is 14.7. The van der Waals surface area contributed by atoms with E-state index in [0.717, 1.165) is 79.9 Å². The first-order valence-electron chi connectivity index (χ1n) is 16.4. The summed E-state index contributed by atoms with van der Waals surface area (Å²) in [5.41, 5.74) is 5.81. The van der Waals surface area contributed by atoms with Crippen molar-refractivity contribution in [3.63, 3.8) is 0 Å². The predicted octanol–water partition coefficient (Wildman–Crippen LogP) is 9.18. The minimum absolute atomic E-state index is 0.139. The van der Waals surface area contributed by atoms with Crippen molar-refractivity contribution in [1.82, 2.24) is 4.98 Å². The van der Waals surface area contributed by atoms with Crippen LogP contribution < -0.4 is 9.64 Å². The Morgan fingerprint density at radius 3 is 2.11 bits per heavy atom. The Morgan fingerprint density at radius 1 is 0.956 bits per heavy atom. The largest absolute Gasteiger partial charge is 0.490 e. The van der Waals surface area contributed by atoms with Gasteiger partial charge in [0.1, 0.15) is 11.6 Å². The minimum atomic E-state index is -1.14. The highest BCUT2D eigenvalue weighted by Gasteiger charge is 2.36. The zero-order valence-corrected chi connectivity index (χ0v) is 28.0. The smallest absolute Gasteiger partial charge is 0.337 e. The van der Waals surface area contributed by atoms with Crippen LogP contribution in [0.1, 0.15) is 108 Å². The van der Waals surface area contributed by atoms with Crippen LogP contribution in [0.2, 0.25) is 0 Å². The van der Waals surface area contributed by atoms with E-state index in [-0.39, 0.29) is 17.3 Å². The van der Waals surface area contributed by atoms with E-state index in [2.05, 4.69) is 30.9 Å². The molecule has 0 radical (unpaired) electrons. The molecule has 242 valence electrons. The molecule has 6 nitrogen and oxygen atoms in total. The van der Waals surface area contributed by atoms with Gasteiger partial charge in [-0.2, -0.15) is 0 Å². The first-order chi connectivity index (χ1) is 21.2. The summed E-state index contributed by atoms with van der Waals surface area (Å²) in [5, 5.41) is 10.4. The third kappa shape index (κ3) is 7.86. The number of anilines is 1. The number of aryl methyl sites for hydroxylation is 2. The van der Waals surface area contributed by atoms with Gasteiger partial charge in [0.25, 0.3) is 0 Å². The lowest BCUT2D eigenvalue weighted by Gasteiger charge is -2.41. The molecular weight excluding hydrogens is 567 g/mol. The predicted molar refractivity (Wildman–Crippen MR) is 178 cm³/mol. The van der Waals surface area contributed by atoms with Crippen LogP contribution in [0.3, 0.4) is 0 Å². The fourth-order valence-electron chi connectivity index (χ4n) is 6.90. The molecule has 5 rings (SSSR count). The fourth-order valence-corrected chi connectivity index (χ4v) is 6.90. The lowest BCUT2D eigenvalue weighted by atomic mass is 9.81. The zero-order valence-electron chi connectivity index (χ0n) is 28.0. The number of rotatable bonds is 8. The topological polar surface area (TPSA) is 71.9 Å². The Hall–Kier alpha value is -3.45. The number of aromatic nitrogens is 1. The Labute approximate surface area is 268 Å². The van der Waals surface area contributed by atoms with E-state index in [1.165, 1.54) is 5.56 Å². The van der Waals surface area contributed by atoms with Crippen molar-refractivity contribution >= 4 is 11.7 Å². The lowest BCUT2D eigenvalue weighted by Crippen LogP contribution is -2.39. The monoisotopic (exact) mass is 616 g/mol. The van der Waals surface area contributed by atoms with Crippen LogP contribution in [-0.2, 0) is 9.53 Å². The molecule has 1 saturated carbocycles. The molecule has 3 aromatic rings. The highest BCUT2D eigenvalue weighted by Crippen LogP contribution is 2.45. The highest BCUT2D eigenvalue weighted by atomic mass is 19.1. The van der Waals surface area contributed by atoms with Crippen LogP contribution >= 0.6 is 0 Å². The van der Waals surface area contributed by atoms with Crippen LogP contribution in [0, 0.1) is 25.1 Å². The first kappa shape index (κ1) is 32.9. The minimum Gasteiger partial charge on any atom is -0.490 e. The molecule has 1 atom stereocenters. The molecule has 7 heteroatoms. The van der Waals surface area contributed by atoms with E-state index < -0.39 is 17.7 Å². The fraction of sp³-hybridized carbons (Fsp3) is 0.526. The number of halogens is 1. The van der Waals surface area contributed by atoms with Crippen LogP contribution in [0.25, 0.3) is 11.1 Å². The summed E-state index contributed by atoms with van der Waals surface area (Å²) in [4.78, 5) is 20.0.